The van der Waals surface area contributed by atoms with Crippen molar-refractivity contribution in [1.82, 2.24) is 5.32 Å². The molecule has 0 aromatic heterocycles. The number of hydrogen-bond acceptors (Lipinski definition) is 1. The molecule has 1 aromatic rings. The van der Waals surface area contributed by atoms with Crippen LogP contribution >= 0.6 is 0 Å². The van der Waals surface area contributed by atoms with Crippen molar-refractivity contribution < 1.29 is 0 Å². The Bertz CT molecular complexity index is 406. The van der Waals surface area contributed by atoms with Crippen molar-refractivity contribution in [2.24, 2.45) is 5.92 Å². The van der Waals surface area contributed by atoms with Gasteiger partial charge in [-0.1, -0.05) is 43.5 Å². The second-order valence-corrected chi connectivity index (χ2v) is 6.50. The molecule has 1 aromatic carbocycles. The predicted octanol–water partition coefficient (Wildman–Crippen LogP) is 4.62. The molecule has 2 aliphatic rings. The fraction of sp³-hybridized carbons (Fsp3) is 0.667. The minimum Gasteiger partial charge on any atom is -0.307 e. The summed E-state index contributed by atoms with van der Waals surface area (Å²) in [5, 5.41) is 3.94. The first-order valence-corrected chi connectivity index (χ1v) is 8.18. The van der Waals surface area contributed by atoms with E-state index in [0.717, 1.165) is 5.92 Å². The van der Waals surface area contributed by atoms with Crippen molar-refractivity contribution in [1.29, 1.82) is 0 Å². The Morgan fingerprint density at radius 1 is 1.00 bits per heavy atom. The summed E-state index contributed by atoms with van der Waals surface area (Å²) in [6.45, 7) is 2.41. The first-order valence-electron chi connectivity index (χ1n) is 8.18. The molecule has 1 heteroatoms. The highest BCUT2D eigenvalue weighted by atomic mass is 15.0. The molecule has 0 radical (unpaired) electrons. The van der Waals surface area contributed by atoms with Gasteiger partial charge in [0.15, 0.2) is 0 Å². The molecule has 0 spiro atoms. The molecule has 1 nitrogen and oxygen atoms in total. The Kier molecular flexibility index (Phi) is 4.22. The molecule has 0 bridgehead atoms. The lowest BCUT2D eigenvalue weighted by molar-refractivity contribution is 0.257. The van der Waals surface area contributed by atoms with Crippen molar-refractivity contribution in [3.63, 3.8) is 0 Å². The summed E-state index contributed by atoms with van der Waals surface area (Å²) >= 11 is 0. The van der Waals surface area contributed by atoms with Crippen LogP contribution in [0.3, 0.4) is 0 Å². The molecular formula is C18H27N. The second-order valence-electron chi connectivity index (χ2n) is 6.50. The molecular weight excluding hydrogens is 230 g/mol. The lowest BCUT2D eigenvalue weighted by Gasteiger charge is -2.34. The summed E-state index contributed by atoms with van der Waals surface area (Å²) in [6, 6.07) is 10.3. The van der Waals surface area contributed by atoms with Crippen LogP contribution in [0.1, 0.15) is 69.0 Å². The van der Waals surface area contributed by atoms with E-state index in [1.54, 1.807) is 11.1 Å². The highest BCUT2D eigenvalue weighted by molar-refractivity contribution is 5.32. The van der Waals surface area contributed by atoms with Crippen LogP contribution in [0, 0.1) is 5.92 Å². The van der Waals surface area contributed by atoms with E-state index in [-0.39, 0.29) is 0 Å². The lowest BCUT2D eigenvalue weighted by atomic mass is 9.82. The maximum atomic E-state index is 3.94. The van der Waals surface area contributed by atoms with Gasteiger partial charge < -0.3 is 5.32 Å². The minimum absolute atomic E-state index is 0.599. The average Bonchev–Trinajstić information content (AvgIpc) is 2.48. The van der Waals surface area contributed by atoms with Crippen LogP contribution in [0.5, 0.6) is 0 Å². The van der Waals surface area contributed by atoms with Crippen molar-refractivity contribution in [2.45, 2.75) is 70.4 Å². The Balaban J connectivity index is 1.66. The average molecular weight is 257 g/mol. The maximum absolute atomic E-state index is 3.94. The molecule has 3 rings (SSSR count). The van der Waals surface area contributed by atoms with Gasteiger partial charge in [-0.05, 0) is 56.1 Å². The van der Waals surface area contributed by atoms with Crippen LogP contribution in [0.2, 0.25) is 0 Å². The molecule has 104 valence electrons. The fourth-order valence-electron chi connectivity index (χ4n) is 4.01. The molecule has 1 unspecified atom stereocenters. The monoisotopic (exact) mass is 257 g/mol. The number of fused-ring (bicyclic) bond motifs is 1. The number of nitrogens with one attached hydrogen (secondary N) is 1. The Morgan fingerprint density at radius 2 is 1.79 bits per heavy atom. The summed E-state index contributed by atoms with van der Waals surface area (Å²) in [4.78, 5) is 0. The van der Waals surface area contributed by atoms with Crippen LogP contribution in [0.15, 0.2) is 24.3 Å². The normalized spacial score (nSPS) is 25.8. The zero-order valence-electron chi connectivity index (χ0n) is 12.2. The van der Waals surface area contributed by atoms with E-state index in [4.69, 9.17) is 0 Å². The van der Waals surface area contributed by atoms with Gasteiger partial charge in [0.25, 0.3) is 0 Å². The molecule has 1 N–H and O–H groups in total. The Hall–Kier alpha value is -0.820. The van der Waals surface area contributed by atoms with E-state index in [1.165, 1.54) is 51.4 Å². The van der Waals surface area contributed by atoms with Gasteiger partial charge in [-0.15, -0.1) is 0 Å². The maximum Gasteiger partial charge on any atom is 0.0325 e. The number of aryl methyl sites for hydroxylation is 1. The summed E-state index contributed by atoms with van der Waals surface area (Å²) < 4.78 is 0. The van der Waals surface area contributed by atoms with Crippen LogP contribution in [-0.2, 0) is 6.42 Å². The van der Waals surface area contributed by atoms with Gasteiger partial charge >= 0.3 is 0 Å². The van der Waals surface area contributed by atoms with Gasteiger partial charge in [-0.3, -0.25) is 0 Å². The quantitative estimate of drug-likeness (QED) is 0.833. The largest absolute Gasteiger partial charge is 0.307 e. The highest BCUT2D eigenvalue weighted by Crippen LogP contribution is 2.32. The molecule has 1 saturated carbocycles. The molecule has 19 heavy (non-hydrogen) atoms. The zero-order chi connectivity index (χ0) is 13.1. The van der Waals surface area contributed by atoms with Gasteiger partial charge in [0.05, 0.1) is 0 Å². The molecule has 0 saturated heterocycles. The Labute approximate surface area is 117 Å². The highest BCUT2D eigenvalue weighted by Gasteiger charge is 2.25. The molecule has 0 aliphatic heterocycles. The van der Waals surface area contributed by atoms with E-state index in [0.29, 0.717) is 12.1 Å². The number of rotatable bonds is 3. The Morgan fingerprint density at radius 3 is 2.63 bits per heavy atom. The minimum atomic E-state index is 0.599. The summed E-state index contributed by atoms with van der Waals surface area (Å²) in [5.74, 6) is 0.905. The fourth-order valence-corrected chi connectivity index (χ4v) is 4.01. The topological polar surface area (TPSA) is 12.0 Å². The summed E-state index contributed by atoms with van der Waals surface area (Å²) in [7, 11) is 0. The van der Waals surface area contributed by atoms with Crippen molar-refractivity contribution >= 4 is 0 Å². The zero-order valence-corrected chi connectivity index (χ0v) is 12.2. The van der Waals surface area contributed by atoms with E-state index in [1.807, 2.05) is 0 Å². The van der Waals surface area contributed by atoms with Gasteiger partial charge in [0.1, 0.15) is 0 Å². The molecule has 0 heterocycles. The van der Waals surface area contributed by atoms with Crippen LogP contribution in [0.4, 0.5) is 0 Å². The first-order chi connectivity index (χ1) is 9.34. The van der Waals surface area contributed by atoms with E-state index >= 15 is 0 Å². The van der Waals surface area contributed by atoms with Crippen molar-refractivity contribution in [3.8, 4) is 0 Å². The predicted molar refractivity (Wildman–Crippen MR) is 81.3 cm³/mol. The van der Waals surface area contributed by atoms with Crippen LogP contribution in [0.25, 0.3) is 0 Å². The van der Waals surface area contributed by atoms with Crippen LogP contribution in [-0.4, -0.2) is 6.04 Å². The smallest absolute Gasteiger partial charge is 0.0325 e. The van der Waals surface area contributed by atoms with Crippen LogP contribution < -0.4 is 5.32 Å². The SMILES string of the molecule is C[C@@H](NC1CCCc2ccccc21)C1CCCCC1. The summed E-state index contributed by atoms with van der Waals surface area (Å²) in [6.07, 6.45) is 11.1. The van der Waals surface area contributed by atoms with Gasteiger partial charge in [0.2, 0.25) is 0 Å². The molecule has 2 aliphatic carbocycles. The molecule has 1 fully saturated rings. The van der Waals surface area contributed by atoms with E-state index in [2.05, 4.69) is 36.5 Å². The van der Waals surface area contributed by atoms with Crippen molar-refractivity contribution in [2.75, 3.05) is 0 Å². The first kappa shape index (κ1) is 13.2. The second kappa shape index (κ2) is 6.09. The van der Waals surface area contributed by atoms with Crippen molar-refractivity contribution in [3.05, 3.63) is 35.4 Å². The number of benzene rings is 1. The van der Waals surface area contributed by atoms with E-state index < -0.39 is 0 Å². The number of hydrogen-bond donors (Lipinski definition) is 1. The molecule has 0 amide bonds. The third kappa shape index (κ3) is 3.02. The van der Waals surface area contributed by atoms with E-state index in [9.17, 15) is 0 Å². The standard InChI is InChI=1S/C18H27N/c1-14(15-8-3-2-4-9-15)19-18-13-7-11-16-10-5-6-12-17(16)18/h5-6,10,12,14-15,18-19H,2-4,7-9,11,13H2,1H3/t14-,18?/m1/s1. The van der Waals surface area contributed by atoms with Gasteiger partial charge in [-0.2, -0.15) is 0 Å². The van der Waals surface area contributed by atoms with Gasteiger partial charge in [-0.25, -0.2) is 0 Å². The third-order valence-corrected chi connectivity index (χ3v) is 5.19. The third-order valence-electron chi connectivity index (χ3n) is 5.19. The van der Waals surface area contributed by atoms with Gasteiger partial charge in [0, 0.05) is 12.1 Å². The summed E-state index contributed by atoms with van der Waals surface area (Å²) in [5.41, 5.74) is 3.14. The molecule has 2 atom stereocenters. The lowest BCUT2D eigenvalue weighted by Crippen LogP contribution is -2.38.